The van der Waals surface area contributed by atoms with Crippen LogP contribution in [-0.2, 0) is 6.42 Å². The number of rotatable bonds is 4. The fraction of sp³-hybridized carbons (Fsp3) is 0.235. The molecule has 3 nitrogen and oxygen atoms in total. The van der Waals surface area contributed by atoms with Gasteiger partial charge >= 0.3 is 0 Å². The topological polar surface area (TPSA) is 49.3 Å². The Morgan fingerprint density at radius 1 is 1.33 bits per heavy atom. The smallest absolute Gasteiger partial charge is 0.267 e. The molecule has 0 aliphatic heterocycles. The first-order valence-corrected chi connectivity index (χ1v) is 7.70. The predicted octanol–water partition coefficient (Wildman–Crippen LogP) is 3.30. The molecule has 4 heteroatoms. The highest BCUT2D eigenvalue weighted by Gasteiger charge is 2.13. The molecule has 1 aromatic carbocycles. The Bertz CT molecular complexity index is 679. The summed E-state index contributed by atoms with van der Waals surface area (Å²) in [5.74, 6) is 5.64. The zero-order valence-corrected chi connectivity index (χ0v) is 12.7. The molecule has 0 saturated heterocycles. The molecule has 0 fully saturated rings. The van der Waals surface area contributed by atoms with Crippen LogP contribution in [0.2, 0.25) is 0 Å². The first-order valence-electron chi connectivity index (χ1n) is 6.82. The third kappa shape index (κ3) is 3.94. The summed E-state index contributed by atoms with van der Waals surface area (Å²) in [4.78, 5) is 13.0. The number of para-hydroxylation sites is 1. The van der Waals surface area contributed by atoms with Crippen molar-refractivity contribution >= 4 is 22.9 Å². The first kappa shape index (κ1) is 15.3. The first-order chi connectivity index (χ1) is 10.3. The minimum atomic E-state index is -0.140. The van der Waals surface area contributed by atoms with Crippen LogP contribution >= 0.6 is 11.3 Å². The van der Waals surface area contributed by atoms with Crippen LogP contribution in [0.5, 0.6) is 0 Å². The van der Waals surface area contributed by atoms with Crippen LogP contribution in [0.15, 0.2) is 35.7 Å². The Morgan fingerprint density at radius 3 is 2.90 bits per heavy atom. The van der Waals surface area contributed by atoms with E-state index in [0.717, 1.165) is 17.7 Å². The maximum absolute atomic E-state index is 12.4. The number of carbonyl (C=O) groups is 1. The summed E-state index contributed by atoms with van der Waals surface area (Å²) < 4.78 is 0. The van der Waals surface area contributed by atoms with Gasteiger partial charge in [-0.25, -0.2) is 0 Å². The highest BCUT2D eigenvalue weighted by molar-refractivity contribution is 7.12. The third-order valence-corrected chi connectivity index (χ3v) is 3.89. The van der Waals surface area contributed by atoms with Crippen molar-refractivity contribution in [3.63, 3.8) is 0 Å². The Kier molecular flexibility index (Phi) is 5.56. The summed E-state index contributed by atoms with van der Waals surface area (Å²) in [7, 11) is 0. The number of benzene rings is 1. The van der Waals surface area contributed by atoms with E-state index < -0.39 is 0 Å². The summed E-state index contributed by atoms with van der Waals surface area (Å²) in [5.41, 5.74) is 2.66. The number of carbonyl (C=O) groups excluding carboxylic acids is 1. The second-order valence-electron chi connectivity index (χ2n) is 4.40. The lowest BCUT2D eigenvalue weighted by Crippen LogP contribution is -2.12. The van der Waals surface area contributed by atoms with Crippen molar-refractivity contribution in [1.29, 1.82) is 0 Å². The Labute approximate surface area is 128 Å². The van der Waals surface area contributed by atoms with E-state index in [-0.39, 0.29) is 12.5 Å². The van der Waals surface area contributed by atoms with Crippen LogP contribution in [0.25, 0.3) is 0 Å². The molecular formula is C17H17NO2S. The Hall–Kier alpha value is -2.09. The van der Waals surface area contributed by atoms with Gasteiger partial charge in [0.15, 0.2) is 0 Å². The van der Waals surface area contributed by atoms with E-state index in [1.165, 1.54) is 11.3 Å². The molecule has 21 heavy (non-hydrogen) atoms. The minimum Gasteiger partial charge on any atom is -0.395 e. The standard InChI is InChI=1S/C17H17NO2S/c1-2-13-7-3-4-9-15(13)18-17(20)16-14(10-12-21-16)8-5-6-11-19/h3-4,7,9-10,12,19H,2,6,11H2,1H3,(H,18,20). The summed E-state index contributed by atoms with van der Waals surface area (Å²) in [6, 6.07) is 9.61. The summed E-state index contributed by atoms with van der Waals surface area (Å²) in [6.07, 6.45) is 1.28. The molecule has 0 aliphatic rings. The fourth-order valence-corrected chi connectivity index (χ4v) is 2.67. The van der Waals surface area contributed by atoms with Crippen molar-refractivity contribution in [3.8, 4) is 11.8 Å². The number of aliphatic hydroxyl groups is 1. The van der Waals surface area contributed by atoms with Gasteiger partial charge in [-0.1, -0.05) is 37.0 Å². The number of hydrogen-bond acceptors (Lipinski definition) is 3. The lowest BCUT2D eigenvalue weighted by atomic mass is 10.1. The van der Waals surface area contributed by atoms with E-state index in [4.69, 9.17) is 5.11 Å². The quantitative estimate of drug-likeness (QED) is 0.851. The zero-order valence-electron chi connectivity index (χ0n) is 11.8. The van der Waals surface area contributed by atoms with Crippen LogP contribution in [-0.4, -0.2) is 17.6 Å². The number of aryl methyl sites for hydroxylation is 1. The molecule has 1 amide bonds. The van der Waals surface area contributed by atoms with Crippen LogP contribution in [0.3, 0.4) is 0 Å². The Morgan fingerprint density at radius 2 is 2.14 bits per heavy atom. The number of aliphatic hydroxyl groups excluding tert-OH is 1. The average molecular weight is 299 g/mol. The van der Waals surface area contributed by atoms with Gasteiger partial charge in [0.1, 0.15) is 4.88 Å². The monoisotopic (exact) mass is 299 g/mol. The van der Waals surface area contributed by atoms with E-state index >= 15 is 0 Å². The van der Waals surface area contributed by atoms with Crippen LogP contribution in [0.1, 0.15) is 34.1 Å². The van der Waals surface area contributed by atoms with E-state index in [0.29, 0.717) is 16.9 Å². The lowest BCUT2D eigenvalue weighted by Gasteiger charge is -2.08. The van der Waals surface area contributed by atoms with Crippen LogP contribution in [0.4, 0.5) is 5.69 Å². The van der Waals surface area contributed by atoms with Gasteiger partial charge in [0, 0.05) is 17.7 Å². The molecule has 2 rings (SSSR count). The molecule has 0 atom stereocenters. The molecule has 108 valence electrons. The highest BCUT2D eigenvalue weighted by atomic mass is 32.1. The maximum Gasteiger partial charge on any atom is 0.267 e. The molecule has 1 heterocycles. The molecule has 0 radical (unpaired) electrons. The second kappa shape index (κ2) is 7.63. The van der Waals surface area contributed by atoms with Crippen molar-refractivity contribution in [2.45, 2.75) is 19.8 Å². The van der Waals surface area contributed by atoms with Gasteiger partial charge < -0.3 is 10.4 Å². The normalized spacial score (nSPS) is 9.81. The Balaban J connectivity index is 2.18. The fourth-order valence-electron chi connectivity index (χ4n) is 1.93. The van der Waals surface area contributed by atoms with Gasteiger partial charge in [0.2, 0.25) is 0 Å². The minimum absolute atomic E-state index is 0.0303. The molecule has 0 aliphatic carbocycles. The van der Waals surface area contributed by atoms with Crippen LogP contribution in [0, 0.1) is 11.8 Å². The SMILES string of the molecule is CCc1ccccc1NC(=O)c1sccc1C#CCCO. The number of amides is 1. The summed E-state index contributed by atoms with van der Waals surface area (Å²) >= 11 is 1.37. The number of anilines is 1. The largest absolute Gasteiger partial charge is 0.395 e. The molecule has 2 N–H and O–H groups in total. The molecule has 0 saturated carbocycles. The maximum atomic E-state index is 12.4. The number of nitrogens with one attached hydrogen (secondary N) is 1. The van der Waals surface area contributed by atoms with E-state index in [2.05, 4.69) is 24.1 Å². The van der Waals surface area contributed by atoms with Crippen molar-refractivity contribution < 1.29 is 9.90 Å². The van der Waals surface area contributed by atoms with Gasteiger partial charge in [0.05, 0.1) is 6.61 Å². The summed E-state index contributed by atoms with van der Waals surface area (Å²) in [6.45, 7) is 2.09. The zero-order chi connectivity index (χ0) is 15.1. The van der Waals surface area contributed by atoms with Gasteiger partial charge in [-0.2, -0.15) is 0 Å². The number of hydrogen-bond donors (Lipinski definition) is 2. The molecule has 0 bridgehead atoms. The summed E-state index contributed by atoms with van der Waals surface area (Å²) in [5, 5.41) is 13.5. The number of thiophene rings is 1. The van der Waals surface area contributed by atoms with E-state index in [1.54, 1.807) is 0 Å². The predicted molar refractivity (Wildman–Crippen MR) is 86.7 cm³/mol. The molecule has 0 spiro atoms. The third-order valence-electron chi connectivity index (χ3n) is 2.98. The van der Waals surface area contributed by atoms with Crippen molar-refractivity contribution in [3.05, 3.63) is 51.7 Å². The molecule has 1 aromatic heterocycles. The van der Waals surface area contributed by atoms with Crippen LogP contribution < -0.4 is 5.32 Å². The average Bonchev–Trinajstić information content (AvgIpc) is 2.96. The molecule has 0 unspecified atom stereocenters. The van der Waals surface area contributed by atoms with Crippen molar-refractivity contribution in [2.24, 2.45) is 0 Å². The molecular weight excluding hydrogens is 282 g/mol. The van der Waals surface area contributed by atoms with Crippen molar-refractivity contribution in [1.82, 2.24) is 0 Å². The lowest BCUT2D eigenvalue weighted by molar-refractivity contribution is 0.103. The second-order valence-corrected chi connectivity index (χ2v) is 5.32. The van der Waals surface area contributed by atoms with Gasteiger partial charge in [-0.15, -0.1) is 11.3 Å². The van der Waals surface area contributed by atoms with Gasteiger partial charge in [0.25, 0.3) is 5.91 Å². The molecule has 2 aromatic rings. The van der Waals surface area contributed by atoms with Gasteiger partial charge in [-0.05, 0) is 29.5 Å². The van der Waals surface area contributed by atoms with E-state index in [9.17, 15) is 4.79 Å². The highest BCUT2D eigenvalue weighted by Crippen LogP contribution is 2.20. The van der Waals surface area contributed by atoms with Gasteiger partial charge in [-0.3, -0.25) is 4.79 Å². The van der Waals surface area contributed by atoms with Crippen molar-refractivity contribution in [2.75, 3.05) is 11.9 Å². The van der Waals surface area contributed by atoms with E-state index in [1.807, 2.05) is 35.7 Å².